The first-order valence-corrected chi connectivity index (χ1v) is 7.23. The summed E-state index contributed by atoms with van der Waals surface area (Å²) in [6.45, 7) is 6.65. The van der Waals surface area contributed by atoms with Crippen molar-refractivity contribution in [3.63, 3.8) is 0 Å². The van der Waals surface area contributed by atoms with Gasteiger partial charge in [0.1, 0.15) is 4.99 Å². The molecule has 1 aromatic carbocycles. The summed E-state index contributed by atoms with van der Waals surface area (Å²) in [6.07, 6.45) is 1.16. The monoisotopic (exact) mass is 277 g/mol. The maximum Gasteiger partial charge on any atom is 0.106 e. The highest BCUT2D eigenvalue weighted by Crippen LogP contribution is 2.24. The Morgan fingerprint density at radius 2 is 2.21 bits per heavy atom. The molecule has 2 atom stereocenters. The number of nitrogens with two attached hydrogens (primary N) is 1. The van der Waals surface area contributed by atoms with E-state index in [0.717, 1.165) is 30.8 Å². The lowest BCUT2D eigenvalue weighted by atomic mass is 9.93. The van der Waals surface area contributed by atoms with Crippen LogP contribution < -0.4 is 11.1 Å². The quantitative estimate of drug-likeness (QED) is 0.832. The van der Waals surface area contributed by atoms with Crippen molar-refractivity contribution in [1.29, 1.82) is 0 Å². The minimum absolute atomic E-state index is 0.461. The number of rotatable bonds is 3. The second-order valence-electron chi connectivity index (χ2n) is 5.69. The third-order valence-corrected chi connectivity index (χ3v) is 4.11. The van der Waals surface area contributed by atoms with Gasteiger partial charge in [0.15, 0.2) is 0 Å². The summed E-state index contributed by atoms with van der Waals surface area (Å²) in [7, 11) is 2.18. The molecule has 1 aliphatic rings. The van der Waals surface area contributed by atoms with Crippen LogP contribution in [0.5, 0.6) is 0 Å². The number of hydrogen-bond acceptors (Lipinski definition) is 3. The van der Waals surface area contributed by atoms with Gasteiger partial charge in [-0.2, -0.15) is 0 Å². The molecule has 1 heterocycles. The van der Waals surface area contributed by atoms with Crippen molar-refractivity contribution in [2.24, 2.45) is 11.7 Å². The summed E-state index contributed by atoms with van der Waals surface area (Å²) >= 11 is 5.14. The first-order valence-electron chi connectivity index (χ1n) is 6.83. The van der Waals surface area contributed by atoms with Crippen LogP contribution in [0.15, 0.2) is 18.2 Å². The van der Waals surface area contributed by atoms with Crippen molar-refractivity contribution in [3.05, 3.63) is 29.3 Å². The Kier molecular flexibility index (Phi) is 4.42. The second kappa shape index (κ2) is 5.88. The first kappa shape index (κ1) is 14.3. The zero-order valence-corrected chi connectivity index (χ0v) is 12.8. The summed E-state index contributed by atoms with van der Waals surface area (Å²) in [5.41, 5.74) is 9.06. The van der Waals surface area contributed by atoms with E-state index in [4.69, 9.17) is 18.0 Å². The molecule has 4 heteroatoms. The average Bonchev–Trinajstić information content (AvgIpc) is 2.32. The normalized spacial score (nSPS) is 24.2. The molecule has 2 rings (SSSR count). The van der Waals surface area contributed by atoms with Gasteiger partial charge in [0.05, 0.1) is 0 Å². The number of nitrogens with zero attached hydrogens (tertiary/aromatic N) is 1. The molecule has 3 N–H and O–H groups in total. The molecule has 1 aromatic rings. The van der Waals surface area contributed by atoms with Gasteiger partial charge >= 0.3 is 0 Å². The lowest BCUT2D eigenvalue weighted by molar-refractivity contribution is 0.206. The number of hydrogen-bond donors (Lipinski definition) is 2. The summed E-state index contributed by atoms with van der Waals surface area (Å²) in [6, 6.07) is 6.70. The van der Waals surface area contributed by atoms with Gasteiger partial charge in [-0.1, -0.05) is 25.2 Å². The molecule has 3 nitrogen and oxygen atoms in total. The molecular weight excluding hydrogens is 254 g/mol. The molecule has 0 amide bonds. The van der Waals surface area contributed by atoms with Gasteiger partial charge in [0.25, 0.3) is 0 Å². The highest BCUT2D eigenvalue weighted by molar-refractivity contribution is 7.80. The number of thiocarbonyl (C=S) groups is 1. The van der Waals surface area contributed by atoms with Gasteiger partial charge in [-0.15, -0.1) is 0 Å². The SMILES string of the molecule is Cc1ccc(C(N)=S)c(NC2CCN(C)CC2C)c1. The molecule has 0 aliphatic carbocycles. The number of benzene rings is 1. The van der Waals surface area contributed by atoms with E-state index in [-0.39, 0.29) is 0 Å². The smallest absolute Gasteiger partial charge is 0.106 e. The highest BCUT2D eigenvalue weighted by Gasteiger charge is 2.24. The van der Waals surface area contributed by atoms with Crippen LogP contribution in [0.3, 0.4) is 0 Å². The first-order chi connectivity index (χ1) is 8.97. The van der Waals surface area contributed by atoms with E-state index >= 15 is 0 Å². The highest BCUT2D eigenvalue weighted by atomic mass is 32.1. The largest absolute Gasteiger partial charge is 0.389 e. The molecule has 19 heavy (non-hydrogen) atoms. The number of anilines is 1. The third kappa shape index (κ3) is 3.45. The van der Waals surface area contributed by atoms with Crippen molar-refractivity contribution >= 4 is 22.9 Å². The predicted molar refractivity (Wildman–Crippen MR) is 85.8 cm³/mol. The lowest BCUT2D eigenvalue weighted by Crippen LogP contribution is -2.43. The standard InChI is InChI=1S/C15H23N3S/c1-10-4-5-12(15(16)19)14(8-10)17-13-6-7-18(3)9-11(13)2/h4-5,8,11,13,17H,6-7,9H2,1-3H3,(H2,16,19). The molecule has 0 saturated carbocycles. The Labute approximate surface area is 121 Å². The van der Waals surface area contributed by atoms with E-state index in [2.05, 4.69) is 43.2 Å². The molecule has 1 saturated heterocycles. The van der Waals surface area contributed by atoms with Crippen LogP contribution in [0.1, 0.15) is 24.5 Å². The maximum absolute atomic E-state index is 5.81. The molecule has 1 fully saturated rings. The van der Waals surface area contributed by atoms with Crippen LogP contribution in [0.25, 0.3) is 0 Å². The number of piperidine rings is 1. The fourth-order valence-corrected chi connectivity index (χ4v) is 2.94. The van der Waals surface area contributed by atoms with Crippen molar-refractivity contribution < 1.29 is 0 Å². The predicted octanol–water partition coefficient (Wildman–Crippen LogP) is 2.38. The van der Waals surface area contributed by atoms with Crippen LogP contribution in [0.4, 0.5) is 5.69 Å². The molecule has 0 bridgehead atoms. The molecule has 0 aromatic heterocycles. The van der Waals surface area contributed by atoms with Crippen molar-refractivity contribution in [3.8, 4) is 0 Å². The van der Waals surface area contributed by atoms with Crippen molar-refractivity contribution in [1.82, 2.24) is 4.90 Å². The topological polar surface area (TPSA) is 41.3 Å². The third-order valence-electron chi connectivity index (χ3n) is 3.89. The van der Waals surface area contributed by atoms with Gasteiger partial charge < -0.3 is 16.0 Å². The van der Waals surface area contributed by atoms with Gasteiger partial charge in [-0.05, 0) is 50.6 Å². The lowest BCUT2D eigenvalue weighted by Gasteiger charge is -2.36. The summed E-state index contributed by atoms with van der Waals surface area (Å²) in [4.78, 5) is 2.84. The van der Waals surface area contributed by atoms with E-state index in [1.807, 2.05) is 6.07 Å². The Hall–Kier alpha value is -1.13. The van der Waals surface area contributed by atoms with Gasteiger partial charge in [-0.3, -0.25) is 0 Å². The van der Waals surface area contributed by atoms with Gasteiger partial charge in [-0.25, -0.2) is 0 Å². The number of aryl methyl sites for hydroxylation is 1. The summed E-state index contributed by atoms with van der Waals surface area (Å²) in [5.74, 6) is 0.624. The van der Waals surface area contributed by atoms with Crippen molar-refractivity contribution in [2.75, 3.05) is 25.5 Å². The Bertz CT molecular complexity index is 472. The van der Waals surface area contributed by atoms with E-state index in [0.29, 0.717) is 16.9 Å². The van der Waals surface area contributed by atoms with Crippen LogP contribution in [0.2, 0.25) is 0 Å². The zero-order chi connectivity index (χ0) is 14.0. The second-order valence-corrected chi connectivity index (χ2v) is 6.13. The van der Waals surface area contributed by atoms with Gasteiger partial charge in [0.2, 0.25) is 0 Å². The Balaban J connectivity index is 2.18. The number of likely N-dealkylation sites (tertiary alicyclic amines) is 1. The summed E-state index contributed by atoms with van der Waals surface area (Å²) < 4.78 is 0. The fourth-order valence-electron chi connectivity index (χ4n) is 2.76. The summed E-state index contributed by atoms with van der Waals surface area (Å²) in [5, 5.41) is 3.65. The molecule has 0 radical (unpaired) electrons. The number of nitrogens with one attached hydrogen (secondary N) is 1. The molecular formula is C15H23N3S. The van der Waals surface area contributed by atoms with Crippen molar-refractivity contribution in [2.45, 2.75) is 26.3 Å². The molecule has 2 unspecified atom stereocenters. The van der Waals surface area contributed by atoms with Crippen LogP contribution in [0, 0.1) is 12.8 Å². The minimum atomic E-state index is 0.461. The molecule has 104 valence electrons. The minimum Gasteiger partial charge on any atom is -0.389 e. The van der Waals surface area contributed by atoms with Crippen LogP contribution in [-0.2, 0) is 0 Å². The van der Waals surface area contributed by atoms with E-state index < -0.39 is 0 Å². The Morgan fingerprint density at radius 1 is 1.47 bits per heavy atom. The Morgan fingerprint density at radius 3 is 2.84 bits per heavy atom. The maximum atomic E-state index is 5.81. The van der Waals surface area contributed by atoms with Crippen LogP contribution in [-0.4, -0.2) is 36.1 Å². The molecule has 0 spiro atoms. The van der Waals surface area contributed by atoms with E-state index in [9.17, 15) is 0 Å². The van der Waals surface area contributed by atoms with E-state index in [1.54, 1.807) is 0 Å². The van der Waals surface area contributed by atoms with Gasteiger partial charge in [0, 0.05) is 23.8 Å². The fraction of sp³-hybridized carbons (Fsp3) is 0.533. The molecule has 1 aliphatic heterocycles. The average molecular weight is 277 g/mol. The van der Waals surface area contributed by atoms with E-state index in [1.165, 1.54) is 5.56 Å². The van der Waals surface area contributed by atoms with Crippen LogP contribution >= 0.6 is 12.2 Å². The zero-order valence-electron chi connectivity index (χ0n) is 11.9.